The highest BCUT2D eigenvalue weighted by molar-refractivity contribution is 5.81. The fraction of sp³-hybridized carbons (Fsp3) is 0.909. The van der Waals surface area contributed by atoms with E-state index in [1.54, 1.807) is 6.92 Å². The van der Waals surface area contributed by atoms with Crippen LogP contribution in [0.25, 0.3) is 0 Å². The second-order valence-corrected chi connectivity index (χ2v) is 26.2. The average Bonchev–Trinajstić information content (AvgIpc) is 3.51. The quantitative estimate of drug-likeness (QED) is 0.0651. The van der Waals surface area contributed by atoms with E-state index < -0.39 is 175 Å². The third-order valence-electron chi connectivity index (χ3n) is 21.5. The van der Waals surface area contributed by atoms with E-state index in [9.17, 15) is 70.9 Å². The Kier molecular flexibility index (Phi) is 17.1. The first kappa shape index (κ1) is 61.0. The summed E-state index contributed by atoms with van der Waals surface area (Å²) in [6, 6.07) is 0. The van der Waals surface area contributed by atoms with Crippen LogP contribution in [0, 0.1) is 50.2 Å². The van der Waals surface area contributed by atoms with Gasteiger partial charge in [0.1, 0.15) is 92.1 Å². The number of aliphatic hydroxyl groups is 11. The van der Waals surface area contributed by atoms with E-state index in [0.29, 0.717) is 25.7 Å². The Morgan fingerprint density at radius 2 is 1.27 bits per heavy atom. The number of carboxylic acids is 1. The SMILES string of the molecule is CC(=O)OC[C@H]1O[C@@H](OC[C@H]2O[C@@H](OC(=O)[C@]34CC[C@@](C)(C(=O)O)C[C@H]3C3=CC[C@@H]5[C@@]6(C)CC[C@H](O[C@@H]7OC[C@H](O)[C@H](O)[C@H]7O)C(C)(C)[C@@H]6CC[C@@]5(C)[C@]3(C)CC4)[C@H](O)[C@@H](O)[C@@H]2O)[C@H](O)[C@@H](O)[C@@H]1O[C@@H]1O[C@@H](C)[C@H](O)[C@@H](O)[C@H]1O. The number of fused-ring (bicyclic) bond motifs is 7. The molecule has 0 radical (unpaired) electrons. The van der Waals surface area contributed by atoms with Crippen molar-refractivity contribution < 1.29 is 118 Å². The largest absolute Gasteiger partial charge is 0.481 e. The molecule has 0 unspecified atom stereocenters. The van der Waals surface area contributed by atoms with E-state index in [1.807, 2.05) is 0 Å². The van der Waals surface area contributed by atoms with Crippen LogP contribution in [0.1, 0.15) is 120 Å². The number of allylic oxidation sites excluding steroid dienone is 2. The maximum Gasteiger partial charge on any atom is 0.315 e. The monoisotopic (exact) mass is 1130 g/mol. The molecule has 450 valence electrons. The summed E-state index contributed by atoms with van der Waals surface area (Å²) in [5.74, 6) is -2.78. The molecule has 28 atom stereocenters. The van der Waals surface area contributed by atoms with Crippen molar-refractivity contribution in [1.29, 1.82) is 0 Å². The number of carbonyl (C=O) groups is 3. The molecule has 24 nitrogen and oxygen atoms in total. The summed E-state index contributed by atoms with van der Waals surface area (Å²) < 4.78 is 52.4. The number of rotatable bonds is 12. The van der Waals surface area contributed by atoms with E-state index in [-0.39, 0.29) is 54.6 Å². The van der Waals surface area contributed by atoms with Gasteiger partial charge in [0, 0.05) is 6.92 Å². The number of esters is 2. The zero-order valence-electron chi connectivity index (χ0n) is 46.3. The summed E-state index contributed by atoms with van der Waals surface area (Å²) in [7, 11) is 0. The molecule has 4 aliphatic heterocycles. The lowest BCUT2D eigenvalue weighted by Crippen LogP contribution is -2.66. The molecule has 12 N–H and O–H groups in total. The molecular formula is C55H86O24. The molecule has 0 aromatic carbocycles. The summed E-state index contributed by atoms with van der Waals surface area (Å²) in [5.41, 5.74) is -2.87. The van der Waals surface area contributed by atoms with E-state index in [4.69, 9.17) is 42.6 Å². The van der Waals surface area contributed by atoms with E-state index in [2.05, 4.69) is 40.7 Å². The number of aliphatic hydroxyl groups excluding tert-OH is 11. The summed E-state index contributed by atoms with van der Waals surface area (Å²) in [6.07, 6.45) is -23.7. The highest BCUT2D eigenvalue weighted by Crippen LogP contribution is 2.76. The molecule has 0 spiro atoms. The van der Waals surface area contributed by atoms with Crippen molar-refractivity contribution in [2.75, 3.05) is 19.8 Å². The topological polar surface area (TPSA) is 377 Å². The van der Waals surface area contributed by atoms with Gasteiger partial charge in [-0.25, -0.2) is 0 Å². The van der Waals surface area contributed by atoms with Gasteiger partial charge in [-0.3, -0.25) is 14.4 Å². The second-order valence-electron chi connectivity index (χ2n) is 26.2. The first-order valence-corrected chi connectivity index (χ1v) is 28.1. The number of hydrogen-bond acceptors (Lipinski definition) is 23. The molecule has 24 heteroatoms. The summed E-state index contributed by atoms with van der Waals surface area (Å²) >= 11 is 0. The van der Waals surface area contributed by atoms with E-state index in [0.717, 1.165) is 31.8 Å². The molecule has 0 aromatic rings. The zero-order valence-corrected chi connectivity index (χ0v) is 46.3. The molecule has 5 aliphatic carbocycles. The van der Waals surface area contributed by atoms with Gasteiger partial charge in [-0.05, 0) is 117 Å². The molecule has 8 fully saturated rings. The zero-order chi connectivity index (χ0) is 57.9. The lowest BCUT2D eigenvalue weighted by atomic mass is 9.33. The first-order valence-electron chi connectivity index (χ1n) is 28.1. The van der Waals surface area contributed by atoms with Gasteiger partial charge in [0.2, 0.25) is 6.29 Å². The van der Waals surface area contributed by atoms with Gasteiger partial charge in [0.25, 0.3) is 0 Å². The molecule has 0 aromatic heterocycles. The smallest absolute Gasteiger partial charge is 0.315 e. The number of carboxylic acid groups (broad SMARTS) is 1. The number of hydrogen-bond donors (Lipinski definition) is 12. The Hall–Kier alpha value is -2.57. The Morgan fingerprint density at radius 3 is 1.95 bits per heavy atom. The van der Waals surface area contributed by atoms with Crippen LogP contribution >= 0.6 is 0 Å². The van der Waals surface area contributed by atoms with Gasteiger partial charge in [0.15, 0.2) is 18.9 Å². The first-order chi connectivity index (χ1) is 36.9. The molecule has 4 saturated carbocycles. The van der Waals surface area contributed by atoms with Crippen LogP contribution in [-0.2, 0) is 57.0 Å². The van der Waals surface area contributed by atoms with Crippen LogP contribution in [0.2, 0.25) is 0 Å². The van der Waals surface area contributed by atoms with Gasteiger partial charge < -0.3 is 104 Å². The molecule has 4 saturated heterocycles. The minimum atomic E-state index is -1.97. The lowest BCUT2D eigenvalue weighted by Gasteiger charge is -2.71. The van der Waals surface area contributed by atoms with Crippen molar-refractivity contribution in [2.45, 2.75) is 242 Å². The summed E-state index contributed by atoms with van der Waals surface area (Å²) in [6.45, 7) is 14.1. The predicted octanol–water partition coefficient (Wildman–Crippen LogP) is -0.733. The van der Waals surface area contributed by atoms with Crippen LogP contribution in [-0.4, -0.2) is 222 Å². The van der Waals surface area contributed by atoms with Gasteiger partial charge in [-0.15, -0.1) is 0 Å². The average molecular weight is 1130 g/mol. The summed E-state index contributed by atoms with van der Waals surface area (Å²) in [4.78, 5) is 40.2. The summed E-state index contributed by atoms with van der Waals surface area (Å²) in [5, 5.41) is 130. The molecule has 0 amide bonds. The third-order valence-corrected chi connectivity index (χ3v) is 21.5. The number of aliphatic carboxylic acids is 1. The van der Waals surface area contributed by atoms with E-state index >= 15 is 4.79 Å². The normalized spacial score (nSPS) is 52.5. The highest BCUT2D eigenvalue weighted by atomic mass is 16.8. The van der Waals surface area contributed by atoms with Crippen molar-refractivity contribution in [3.8, 4) is 0 Å². The lowest BCUT2D eigenvalue weighted by molar-refractivity contribution is -0.361. The number of carbonyl (C=O) groups excluding carboxylic acids is 2. The van der Waals surface area contributed by atoms with Gasteiger partial charge in [-0.2, -0.15) is 0 Å². The van der Waals surface area contributed by atoms with Gasteiger partial charge in [-0.1, -0.05) is 46.3 Å². The van der Waals surface area contributed by atoms with Gasteiger partial charge in [0.05, 0.1) is 36.3 Å². The van der Waals surface area contributed by atoms with E-state index in [1.165, 1.54) is 6.92 Å². The van der Waals surface area contributed by atoms with Gasteiger partial charge >= 0.3 is 17.9 Å². The molecule has 79 heavy (non-hydrogen) atoms. The van der Waals surface area contributed by atoms with Crippen molar-refractivity contribution in [1.82, 2.24) is 0 Å². The number of ether oxygens (including phenoxy) is 9. The van der Waals surface area contributed by atoms with Crippen molar-refractivity contribution in [3.63, 3.8) is 0 Å². The fourth-order valence-electron chi connectivity index (χ4n) is 16.3. The fourth-order valence-corrected chi connectivity index (χ4v) is 16.3. The Labute approximate surface area is 459 Å². The Bertz CT molecular complexity index is 2270. The minimum absolute atomic E-state index is 0.122. The van der Waals surface area contributed by atoms with Crippen molar-refractivity contribution >= 4 is 17.9 Å². The van der Waals surface area contributed by atoms with Crippen molar-refractivity contribution in [3.05, 3.63) is 11.6 Å². The minimum Gasteiger partial charge on any atom is -0.481 e. The maximum absolute atomic E-state index is 15.2. The third kappa shape index (κ3) is 10.2. The van der Waals surface area contributed by atoms with Crippen LogP contribution in [0.15, 0.2) is 11.6 Å². The molecule has 4 heterocycles. The molecule has 0 bridgehead atoms. The Morgan fingerprint density at radius 1 is 0.633 bits per heavy atom. The highest BCUT2D eigenvalue weighted by Gasteiger charge is 2.71. The predicted molar refractivity (Wildman–Crippen MR) is 267 cm³/mol. The molecule has 9 rings (SSSR count). The molecule has 9 aliphatic rings. The van der Waals surface area contributed by atoms with Crippen molar-refractivity contribution in [2.24, 2.45) is 50.2 Å². The van der Waals surface area contributed by atoms with Crippen LogP contribution in [0.5, 0.6) is 0 Å². The standard InChI is InChI=1S/C55H86O24/c1-23-33(58)36(61)40(65)46(74-23)78-43-29(22-71-24(2)56)76-44(42(67)38(43)63)73-21-28-35(60)37(62)41(66)47(75-28)79-49(70)55-17-15-51(5,48(68)69)19-26(55)25-9-10-31-52(6)13-12-32(77-45-39(64)34(59)27(57)20-72-45)50(3,4)30(52)11-14-54(31,8)53(25,7)16-18-55/h9,23,26-47,57-67H,10-22H2,1-8H3,(H,68,69)/t23-,26-,27-,28+,29+,30-,31+,32-,33-,34-,35+,36+,37-,38+,39+,40+,41+,42+,43+,44+,45-,46-,47-,51+,52-,53+,54+,55-/m0/s1. The Balaban J connectivity index is 0.917. The molecular weight excluding hydrogens is 1040 g/mol. The maximum atomic E-state index is 15.2. The van der Waals surface area contributed by atoms with Crippen LogP contribution in [0.3, 0.4) is 0 Å². The second kappa shape index (κ2) is 22.1. The van der Waals surface area contributed by atoms with Crippen LogP contribution in [0.4, 0.5) is 0 Å². The van der Waals surface area contributed by atoms with Crippen LogP contribution < -0.4 is 0 Å².